The third kappa shape index (κ3) is 189. The van der Waals surface area contributed by atoms with Crippen LogP contribution < -0.4 is 0 Å². The van der Waals surface area contributed by atoms with Crippen LogP contribution in [0.5, 0.6) is 0 Å². The van der Waals surface area contributed by atoms with Crippen molar-refractivity contribution >= 4 is 0 Å². The molecule has 12 nitrogen and oxygen atoms in total. The summed E-state index contributed by atoms with van der Waals surface area (Å²) < 4.78 is 0. The van der Waals surface area contributed by atoms with Crippen molar-refractivity contribution in [2.75, 3.05) is 0 Å². The van der Waals surface area contributed by atoms with Gasteiger partial charge < -0.3 is 46.0 Å². The molecule has 0 aliphatic rings. The molecule has 79 valence electrons. The Morgan fingerprint density at radius 3 is 0.538 bits per heavy atom. The van der Waals surface area contributed by atoms with E-state index in [2.05, 4.69) is 0 Å². The molecular weight excluding hydrogens is 241 g/mol. The number of hydrogen-bond acceptors (Lipinski definition) is 9. The van der Waals surface area contributed by atoms with Gasteiger partial charge in [-0.2, -0.15) is 0 Å². The maximum atomic E-state index is 8.25. The predicted molar refractivity (Wildman–Crippen MR) is 31.1 cm³/mol. The predicted octanol–water partition coefficient (Wildman–Crippen LogP) is -0.720. The van der Waals surface area contributed by atoms with Crippen LogP contribution in [0.1, 0.15) is 0 Å². The number of rotatable bonds is 0. The molecule has 0 amide bonds. The molecular formula is MnN3O9-3. The van der Waals surface area contributed by atoms with Crippen LogP contribution in [-0.2, 0) is 17.1 Å². The van der Waals surface area contributed by atoms with Gasteiger partial charge in [-0.1, -0.05) is 0 Å². The first-order valence-electron chi connectivity index (χ1n) is 1.64. The fraction of sp³-hybridized carbons (Fsp3) is 0. The van der Waals surface area contributed by atoms with E-state index < -0.39 is 15.3 Å². The first-order chi connectivity index (χ1) is 5.20. The van der Waals surface area contributed by atoms with Crippen molar-refractivity contribution < 1.29 is 32.3 Å². The monoisotopic (exact) mass is 241 g/mol. The summed E-state index contributed by atoms with van der Waals surface area (Å²) >= 11 is 0. The topological polar surface area (TPSA) is 199 Å². The van der Waals surface area contributed by atoms with Crippen molar-refractivity contribution in [3.05, 3.63) is 46.0 Å². The summed E-state index contributed by atoms with van der Waals surface area (Å²) in [6.45, 7) is 0. The molecule has 0 aromatic carbocycles. The molecule has 0 aliphatic carbocycles. The SMILES string of the molecule is O=[N+]([O-])[O-].O=[N+]([O-])[O-].O=[N+]([O-])[O-].[Mn]. The number of hydrogen-bond donors (Lipinski definition) is 0. The minimum atomic E-state index is -1.75. The van der Waals surface area contributed by atoms with Crippen LogP contribution >= 0.6 is 0 Å². The minimum absolute atomic E-state index is 0. The molecule has 0 heterocycles. The molecule has 0 rings (SSSR count). The van der Waals surface area contributed by atoms with E-state index in [1.165, 1.54) is 0 Å². The molecule has 0 bridgehead atoms. The van der Waals surface area contributed by atoms with Gasteiger partial charge in [-0.25, -0.2) is 0 Å². The Hall–Kier alpha value is -1.88. The number of nitrogens with zero attached hydrogens (tertiary/aromatic N) is 3. The maximum Gasteiger partial charge on any atom is 0.0689 e. The summed E-state index contributed by atoms with van der Waals surface area (Å²) in [4.78, 5) is 24.8. The van der Waals surface area contributed by atoms with E-state index in [9.17, 15) is 0 Å². The summed E-state index contributed by atoms with van der Waals surface area (Å²) in [6.07, 6.45) is 0. The van der Waals surface area contributed by atoms with Gasteiger partial charge in [0, 0.05) is 17.1 Å². The van der Waals surface area contributed by atoms with Crippen molar-refractivity contribution in [3.8, 4) is 0 Å². The molecule has 0 unspecified atom stereocenters. The van der Waals surface area contributed by atoms with Gasteiger partial charge >= 0.3 is 0 Å². The van der Waals surface area contributed by atoms with Crippen molar-refractivity contribution in [1.29, 1.82) is 0 Å². The van der Waals surface area contributed by atoms with Crippen LogP contribution in [-0.4, -0.2) is 15.3 Å². The van der Waals surface area contributed by atoms with Crippen LogP contribution in [0.3, 0.4) is 0 Å². The Labute approximate surface area is 79.2 Å². The molecule has 1 radical (unpaired) electrons. The minimum Gasteiger partial charge on any atom is -0.356 e. The largest absolute Gasteiger partial charge is 0.356 e. The van der Waals surface area contributed by atoms with Gasteiger partial charge in [-0.15, -0.1) is 0 Å². The van der Waals surface area contributed by atoms with E-state index in [1.807, 2.05) is 0 Å². The van der Waals surface area contributed by atoms with Crippen LogP contribution in [0.2, 0.25) is 0 Å². The molecule has 0 aliphatic heterocycles. The van der Waals surface area contributed by atoms with Gasteiger partial charge in [-0.05, 0) is 0 Å². The second-order valence-electron chi connectivity index (χ2n) is 0.671. The van der Waals surface area contributed by atoms with Gasteiger partial charge in [0.25, 0.3) is 0 Å². The van der Waals surface area contributed by atoms with Crippen molar-refractivity contribution in [2.24, 2.45) is 0 Å². The molecule has 0 aromatic heterocycles. The Morgan fingerprint density at radius 1 is 0.538 bits per heavy atom. The first-order valence-corrected chi connectivity index (χ1v) is 1.64. The average Bonchev–Trinajstić information content (AvgIpc) is 1.54. The first kappa shape index (κ1) is 22.5. The quantitative estimate of drug-likeness (QED) is 0.298. The van der Waals surface area contributed by atoms with E-state index in [4.69, 9.17) is 46.0 Å². The van der Waals surface area contributed by atoms with Gasteiger partial charge in [0.2, 0.25) is 0 Å². The Balaban J connectivity index is -0.0000000450. The van der Waals surface area contributed by atoms with Crippen LogP contribution in [0.25, 0.3) is 0 Å². The standard InChI is InChI=1S/Mn.3NO3/c;3*2-1(3)4/q;3*-1. The van der Waals surface area contributed by atoms with E-state index in [0.29, 0.717) is 0 Å². The molecule has 13 heteroatoms. The molecule has 0 spiro atoms. The molecule has 0 saturated heterocycles. The zero-order valence-corrected chi connectivity index (χ0v) is 6.57. The summed E-state index contributed by atoms with van der Waals surface area (Å²) in [7, 11) is 0. The van der Waals surface area contributed by atoms with Crippen LogP contribution in [0.4, 0.5) is 0 Å². The summed E-state index contributed by atoms with van der Waals surface area (Å²) in [5, 5.41) is 44.2. The van der Waals surface area contributed by atoms with Crippen molar-refractivity contribution in [2.45, 2.75) is 0 Å². The van der Waals surface area contributed by atoms with E-state index in [1.54, 1.807) is 0 Å². The Morgan fingerprint density at radius 2 is 0.538 bits per heavy atom. The molecule has 0 N–H and O–H groups in total. The van der Waals surface area contributed by atoms with E-state index in [0.717, 1.165) is 0 Å². The van der Waals surface area contributed by atoms with Gasteiger partial charge in [-0.3, -0.25) is 0 Å². The second-order valence-corrected chi connectivity index (χ2v) is 0.671. The maximum absolute atomic E-state index is 8.25. The normalized spacial score (nSPS) is 5.54. The summed E-state index contributed by atoms with van der Waals surface area (Å²) in [5.74, 6) is 0. The Kier molecular flexibility index (Phi) is 28.7. The smallest absolute Gasteiger partial charge is 0.0689 e. The second kappa shape index (κ2) is 16.6. The molecule has 13 heavy (non-hydrogen) atoms. The van der Waals surface area contributed by atoms with Crippen LogP contribution in [0, 0.1) is 46.0 Å². The fourth-order valence-electron chi connectivity index (χ4n) is 0. The van der Waals surface area contributed by atoms with Gasteiger partial charge in [0.05, 0.1) is 15.3 Å². The fourth-order valence-corrected chi connectivity index (χ4v) is 0. The van der Waals surface area contributed by atoms with Gasteiger partial charge in [0.1, 0.15) is 0 Å². The molecule has 0 fully saturated rings. The average molecular weight is 241 g/mol. The molecule has 0 saturated carbocycles. The zero-order valence-electron chi connectivity index (χ0n) is 5.39. The van der Waals surface area contributed by atoms with E-state index in [-0.39, 0.29) is 17.1 Å². The zero-order chi connectivity index (χ0) is 10.7. The summed E-state index contributed by atoms with van der Waals surface area (Å²) in [5.41, 5.74) is 0. The van der Waals surface area contributed by atoms with Crippen molar-refractivity contribution in [3.63, 3.8) is 0 Å². The molecule has 0 atom stereocenters. The third-order valence-corrected chi connectivity index (χ3v) is 0. The van der Waals surface area contributed by atoms with Crippen LogP contribution in [0.15, 0.2) is 0 Å². The van der Waals surface area contributed by atoms with E-state index >= 15 is 0 Å². The third-order valence-electron chi connectivity index (χ3n) is 0. The summed E-state index contributed by atoms with van der Waals surface area (Å²) in [6, 6.07) is 0. The van der Waals surface area contributed by atoms with Crippen molar-refractivity contribution in [1.82, 2.24) is 0 Å². The molecule has 0 aromatic rings. The van der Waals surface area contributed by atoms with Gasteiger partial charge in [0.15, 0.2) is 0 Å². The Bertz CT molecular complexity index is 112.